The van der Waals surface area contributed by atoms with Crippen molar-refractivity contribution in [2.24, 2.45) is 4.99 Å². The average molecular weight is 353 g/mol. The molecule has 1 amide bonds. The molecule has 26 heavy (non-hydrogen) atoms. The third-order valence-corrected chi connectivity index (χ3v) is 4.10. The Morgan fingerprint density at radius 2 is 1.96 bits per heavy atom. The zero-order chi connectivity index (χ0) is 18.2. The first kappa shape index (κ1) is 17.9. The smallest absolute Gasteiger partial charge is 0.257 e. The molecule has 3 rings (SSSR count). The maximum atomic E-state index is 12.5. The van der Waals surface area contributed by atoms with E-state index in [1.54, 1.807) is 19.2 Å². The van der Waals surface area contributed by atoms with E-state index in [-0.39, 0.29) is 12.0 Å². The van der Waals surface area contributed by atoms with Gasteiger partial charge >= 0.3 is 0 Å². The van der Waals surface area contributed by atoms with Crippen LogP contribution in [0.1, 0.15) is 23.2 Å². The van der Waals surface area contributed by atoms with Gasteiger partial charge in [-0.3, -0.25) is 10.1 Å². The number of hydrogen-bond donors (Lipinski definition) is 2. The summed E-state index contributed by atoms with van der Waals surface area (Å²) in [5, 5.41) is 6.01. The quantitative estimate of drug-likeness (QED) is 0.640. The molecule has 0 bridgehead atoms. The lowest BCUT2D eigenvalue weighted by Gasteiger charge is -2.13. The molecule has 1 atom stereocenters. The zero-order valence-electron chi connectivity index (χ0n) is 14.8. The van der Waals surface area contributed by atoms with Crippen LogP contribution in [-0.4, -0.2) is 38.2 Å². The molecule has 136 valence electrons. The number of carbonyl (C=O) groups is 1. The van der Waals surface area contributed by atoms with Crippen LogP contribution in [0.3, 0.4) is 0 Å². The van der Waals surface area contributed by atoms with Crippen molar-refractivity contribution in [3.8, 4) is 5.75 Å². The molecular formula is C20H23N3O3. The van der Waals surface area contributed by atoms with Gasteiger partial charge in [0.2, 0.25) is 5.96 Å². The van der Waals surface area contributed by atoms with Gasteiger partial charge in [0.05, 0.1) is 19.8 Å². The van der Waals surface area contributed by atoms with E-state index < -0.39 is 0 Å². The van der Waals surface area contributed by atoms with Crippen LogP contribution in [0.4, 0.5) is 5.69 Å². The lowest BCUT2D eigenvalue weighted by molar-refractivity contribution is 0.0975. The van der Waals surface area contributed by atoms with Crippen LogP contribution >= 0.6 is 0 Å². The van der Waals surface area contributed by atoms with Crippen molar-refractivity contribution >= 4 is 17.6 Å². The molecule has 0 unspecified atom stereocenters. The molecule has 1 heterocycles. The van der Waals surface area contributed by atoms with E-state index in [1.807, 2.05) is 42.5 Å². The molecule has 1 aliphatic heterocycles. The molecular weight excluding hydrogens is 330 g/mol. The fourth-order valence-electron chi connectivity index (χ4n) is 2.67. The van der Waals surface area contributed by atoms with Crippen molar-refractivity contribution in [1.29, 1.82) is 0 Å². The van der Waals surface area contributed by atoms with E-state index in [9.17, 15) is 4.79 Å². The van der Waals surface area contributed by atoms with Gasteiger partial charge in [-0.2, -0.15) is 0 Å². The van der Waals surface area contributed by atoms with Gasteiger partial charge in [-0.25, -0.2) is 4.99 Å². The third-order valence-electron chi connectivity index (χ3n) is 4.10. The lowest BCUT2D eigenvalue weighted by Crippen LogP contribution is -2.36. The second-order valence-corrected chi connectivity index (χ2v) is 6.00. The van der Waals surface area contributed by atoms with Gasteiger partial charge in [0, 0.05) is 17.9 Å². The number of hydrogen-bond acceptors (Lipinski definition) is 4. The summed E-state index contributed by atoms with van der Waals surface area (Å²) < 4.78 is 10.8. The predicted molar refractivity (Wildman–Crippen MR) is 102 cm³/mol. The van der Waals surface area contributed by atoms with Crippen molar-refractivity contribution in [1.82, 2.24) is 5.32 Å². The minimum Gasteiger partial charge on any atom is -0.497 e. The summed E-state index contributed by atoms with van der Waals surface area (Å²) in [6, 6.07) is 16.5. The number of nitrogens with one attached hydrogen (secondary N) is 2. The van der Waals surface area contributed by atoms with E-state index in [0.29, 0.717) is 18.1 Å². The topological polar surface area (TPSA) is 71.9 Å². The molecule has 0 saturated carbocycles. The molecule has 0 aliphatic carbocycles. The Balaban J connectivity index is 1.71. The standard InChI is InChI=1S/C20H23N3O3/c1-25-17-11-9-16(10-12-17)22-20(21-14-18-8-5-13-26-18)23-19(24)15-6-3-2-4-7-15/h2-4,6-7,9-12,18H,5,8,13-14H2,1H3,(H2,21,22,23,24)/t18-/m0/s1. The zero-order valence-corrected chi connectivity index (χ0v) is 14.8. The molecule has 0 spiro atoms. The Hall–Kier alpha value is -2.86. The van der Waals surface area contributed by atoms with Crippen molar-refractivity contribution in [3.63, 3.8) is 0 Å². The van der Waals surface area contributed by atoms with Crippen LogP contribution in [-0.2, 0) is 4.74 Å². The molecule has 2 N–H and O–H groups in total. The summed E-state index contributed by atoms with van der Waals surface area (Å²) >= 11 is 0. The first-order chi connectivity index (χ1) is 12.7. The van der Waals surface area contributed by atoms with E-state index >= 15 is 0 Å². The highest BCUT2D eigenvalue weighted by Crippen LogP contribution is 2.15. The Bertz CT molecular complexity index is 739. The monoisotopic (exact) mass is 353 g/mol. The fourth-order valence-corrected chi connectivity index (χ4v) is 2.67. The van der Waals surface area contributed by atoms with Crippen molar-refractivity contribution in [2.75, 3.05) is 25.6 Å². The number of methoxy groups -OCH3 is 1. The van der Waals surface area contributed by atoms with Gasteiger partial charge in [-0.15, -0.1) is 0 Å². The van der Waals surface area contributed by atoms with Gasteiger partial charge < -0.3 is 14.8 Å². The number of aliphatic imine (C=N–C) groups is 1. The second-order valence-electron chi connectivity index (χ2n) is 6.00. The molecule has 2 aromatic carbocycles. The number of nitrogens with zero attached hydrogens (tertiary/aromatic N) is 1. The normalized spacial score (nSPS) is 17.0. The van der Waals surface area contributed by atoms with Gasteiger partial charge in [-0.1, -0.05) is 18.2 Å². The van der Waals surface area contributed by atoms with E-state index in [4.69, 9.17) is 9.47 Å². The number of benzene rings is 2. The van der Waals surface area contributed by atoms with Gasteiger partial charge in [0.25, 0.3) is 5.91 Å². The first-order valence-electron chi connectivity index (χ1n) is 8.68. The minimum absolute atomic E-state index is 0.108. The summed E-state index contributed by atoms with van der Waals surface area (Å²) in [5.74, 6) is 0.957. The molecule has 1 aliphatic rings. The maximum Gasteiger partial charge on any atom is 0.257 e. The number of ether oxygens (including phenoxy) is 2. The third kappa shape index (κ3) is 5.07. The van der Waals surface area contributed by atoms with Crippen LogP contribution in [0.5, 0.6) is 5.75 Å². The number of carbonyl (C=O) groups excluding carboxylic acids is 1. The molecule has 0 aromatic heterocycles. The largest absolute Gasteiger partial charge is 0.497 e. The van der Waals surface area contributed by atoms with Crippen LogP contribution in [0.2, 0.25) is 0 Å². The Kier molecular flexibility index (Phi) is 6.22. The molecule has 2 aromatic rings. The van der Waals surface area contributed by atoms with Gasteiger partial charge in [-0.05, 0) is 49.2 Å². The van der Waals surface area contributed by atoms with Crippen molar-refractivity contribution < 1.29 is 14.3 Å². The average Bonchev–Trinajstić information content (AvgIpc) is 3.21. The van der Waals surface area contributed by atoms with E-state index in [0.717, 1.165) is 30.9 Å². The Morgan fingerprint density at radius 1 is 1.19 bits per heavy atom. The molecule has 1 fully saturated rings. The van der Waals surface area contributed by atoms with Crippen LogP contribution in [0.15, 0.2) is 59.6 Å². The number of anilines is 1. The molecule has 6 nitrogen and oxygen atoms in total. The highest BCUT2D eigenvalue weighted by Gasteiger charge is 2.16. The summed E-state index contributed by atoms with van der Waals surface area (Å²) in [6.45, 7) is 1.28. The SMILES string of the molecule is COc1ccc(NC(=NC[C@@H]2CCCO2)NC(=O)c2ccccc2)cc1. The highest BCUT2D eigenvalue weighted by atomic mass is 16.5. The number of rotatable bonds is 5. The molecule has 1 saturated heterocycles. The van der Waals surface area contributed by atoms with E-state index in [1.165, 1.54) is 0 Å². The number of guanidine groups is 1. The van der Waals surface area contributed by atoms with Crippen LogP contribution in [0.25, 0.3) is 0 Å². The van der Waals surface area contributed by atoms with Gasteiger partial charge in [0.15, 0.2) is 0 Å². The second kappa shape index (κ2) is 9.01. The maximum absolute atomic E-state index is 12.5. The summed E-state index contributed by atoms with van der Waals surface area (Å²) in [7, 11) is 1.62. The Morgan fingerprint density at radius 3 is 2.62 bits per heavy atom. The fraction of sp³-hybridized carbons (Fsp3) is 0.300. The van der Waals surface area contributed by atoms with Crippen molar-refractivity contribution in [3.05, 3.63) is 60.2 Å². The van der Waals surface area contributed by atoms with Crippen LogP contribution in [0, 0.1) is 0 Å². The first-order valence-corrected chi connectivity index (χ1v) is 8.68. The minimum atomic E-state index is -0.210. The van der Waals surface area contributed by atoms with Crippen LogP contribution < -0.4 is 15.4 Å². The number of amides is 1. The lowest BCUT2D eigenvalue weighted by atomic mass is 10.2. The Labute approximate surface area is 153 Å². The molecule has 0 radical (unpaired) electrons. The van der Waals surface area contributed by atoms with E-state index in [2.05, 4.69) is 15.6 Å². The summed E-state index contributed by atoms with van der Waals surface area (Å²) in [6.07, 6.45) is 2.15. The molecule has 6 heteroatoms. The van der Waals surface area contributed by atoms with Crippen molar-refractivity contribution in [2.45, 2.75) is 18.9 Å². The summed E-state index contributed by atoms with van der Waals surface area (Å²) in [5.41, 5.74) is 1.39. The highest BCUT2D eigenvalue weighted by molar-refractivity contribution is 6.09. The van der Waals surface area contributed by atoms with Gasteiger partial charge in [0.1, 0.15) is 5.75 Å². The predicted octanol–water partition coefficient (Wildman–Crippen LogP) is 3.07. The summed E-state index contributed by atoms with van der Waals surface area (Å²) in [4.78, 5) is 17.0.